The molecule has 0 saturated carbocycles. The van der Waals surface area contributed by atoms with Crippen molar-refractivity contribution in [2.24, 2.45) is 5.14 Å². The highest BCUT2D eigenvalue weighted by Crippen LogP contribution is 2.35. The van der Waals surface area contributed by atoms with Crippen LogP contribution >= 0.6 is 0 Å². The van der Waals surface area contributed by atoms with Gasteiger partial charge in [-0.1, -0.05) is 37.3 Å². The smallest absolute Gasteiger partial charge is 0.238 e. The first-order valence-corrected chi connectivity index (χ1v) is 11.3. The molecule has 0 amide bonds. The minimum Gasteiger partial charge on any atom is -0.492 e. The van der Waals surface area contributed by atoms with Crippen molar-refractivity contribution in [1.29, 1.82) is 0 Å². The second-order valence-electron chi connectivity index (χ2n) is 7.12. The predicted molar refractivity (Wildman–Crippen MR) is 110 cm³/mol. The number of primary sulfonamides is 1. The van der Waals surface area contributed by atoms with Crippen LogP contribution < -0.4 is 15.2 Å². The van der Waals surface area contributed by atoms with Crippen LogP contribution in [0.5, 0.6) is 5.75 Å². The number of rotatable bonds is 11. The number of aliphatic hydroxyl groups excluding tert-OH is 1. The summed E-state index contributed by atoms with van der Waals surface area (Å²) in [7, 11) is -3.88. The number of nitrogens with one attached hydrogen (secondary N) is 1. The molecule has 2 aromatic rings. The van der Waals surface area contributed by atoms with Crippen molar-refractivity contribution >= 4 is 10.0 Å². The fourth-order valence-electron chi connectivity index (χ4n) is 3.30. The third-order valence-corrected chi connectivity index (χ3v) is 5.97. The lowest BCUT2D eigenvalue weighted by Crippen LogP contribution is -2.34. The third-order valence-electron chi connectivity index (χ3n) is 4.98. The van der Waals surface area contributed by atoms with E-state index in [1.165, 1.54) is 0 Å². The maximum atomic E-state index is 11.8. The van der Waals surface area contributed by atoms with E-state index >= 15 is 0 Å². The Labute approximate surface area is 171 Å². The van der Waals surface area contributed by atoms with E-state index in [1.54, 1.807) is 12.1 Å². The summed E-state index contributed by atoms with van der Waals surface area (Å²) in [4.78, 5) is -0.0189. The summed E-state index contributed by atoms with van der Waals surface area (Å²) in [5.74, 6) is 0.849. The predicted octanol–water partition coefficient (Wildman–Crippen LogP) is 1.89. The molecule has 0 spiro atoms. The molecule has 4 N–H and O–H groups in total. The van der Waals surface area contributed by atoms with Crippen molar-refractivity contribution < 1.29 is 23.0 Å². The zero-order chi connectivity index (χ0) is 20.9. The van der Waals surface area contributed by atoms with Gasteiger partial charge < -0.3 is 19.9 Å². The van der Waals surface area contributed by atoms with E-state index in [1.807, 2.05) is 30.3 Å². The molecule has 1 heterocycles. The van der Waals surface area contributed by atoms with Gasteiger partial charge in [-0.05, 0) is 36.1 Å². The van der Waals surface area contributed by atoms with E-state index in [9.17, 15) is 13.5 Å². The van der Waals surface area contributed by atoms with Crippen LogP contribution in [0, 0.1) is 0 Å². The Bertz CT molecular complexity index is 928. The second-order valence-corrected chi connectivity index (χ2v) is 8.65. The molecule has 29 heavy (non-hydrogen) atoms. The van der Waals surface area contributed by atoms with Crippen molar-refractivity contribution in [3.63, 3.8) is 0 Å². The molecule has 0 bridgehead atoms. The monoisotopic (exact) mass is 420 g/mol. The number of hydrogen-bond donors (Lipinski definition) is 3. The molecule has 1 aliphatic rings. The molecule has 8 heteroatoms. The first-order chi connectivity index (χ1) is 13.9. The zero-order valence-electron chi connectivity index (χ0n) is 16.5. The van der Waals surface area contributed by atoms with Gasteiger partial charge in [0.15, 0.2) is 0 Å². The Kier molecular flexibility index (Phi) is 7.26. The molecule has 1 saturated heterocycles. The van der Waals surface area contributed by atoms with Crippen LogP contribution in [-0.4, -0.2) is 39.3 Å². The van der Waals surface area contributed by atoms with E-state index in [4.69, 9.17) is 14.6 Å². The summed E-state index contributed by atoms with van der Waals surface area (Å²) in [5, 5.41) is 18.1. The number of aliphatic hydroxyl groups is 1. The van der Waals surface area contributed by atoms with E-state index in [2.05, 4.69) is 12.2 Å². The van der Waals surface area contributed by atoms with Crippen LogP contribution in [0.2, 0.25) is 0 Å². The van der Waals surface area contributed by atoms with Gasteiger partial charge in [0.25, 0.3) is 0 Å². The van der Waals surface area contributed by atoms with Crippen molar-refractivity contribution in [3.05, 3.63) is 59.2 Å². The van der Waals surface area contributed by atoms with E-state index in [0.717, 1.165) is 29.9 Å². The molecule has 0 radical (unpaired) electrons. The molecule has 1 unspecified atom stereocenters. The van der Waals surface area contributed by atoms with Gasteiger partial charge in [0.2, 0.25) is 10.0 Å². The normalized spacial score (nSPS) is 17.1. The van der Waals surface area contributed by atoms with Gasteiger partial charge in [-0.3, -0.25) is 0 Å². The van der Waals surface area contributed by atoms with Crippen LogP contribution in [-0.2, 0) is 27.8 Å². The highest BCUT2D eigenvalue weighted by Gasteiger charge is 2.27. The van der Waals surface area contributed by atoms with Gasteiger partial charge in [0.1, 0.15) is 18.5 Å². The summed E-state index contributed by atoms with van der Waals surface area (Å²) >= 11 is 0. The third kappa shape index (κ3) is 6.01. The Morgan fingerprint density at radius 2 is 2.07 bits per heavy atom. The Balaban J connectivity index is 1.55. The van der Waals surface area contributed by atoms with Gasteiger partial charge in [0.05, 0.1) is 18.1 Å². The molecule has 0 aromatic heterocycles. The molecule has 1 fully saturated rings. The van der Waals surface area contributed by atoms with Crippen molar-refractivity contribution in [2.75, 3.05) is 19.8 Å². The van der Waals surface area contributed by atoms with E-state index in [-0.39, 0.29) is 23.6 Å². The lowest BCUT2D eigenvalue weighted by molar-refractivity contribution is 0.278. The largest absolute Gasteiger partial charge is 0.492 e. The standard InChI is InChI=1S/C21H28N2O5S/c1-2-17(11-15-7-8-16(13-24)21(12-15)29(22,25)26)23-9-10-27-19-6-4-3-5-18(19)20-14-28-20/h3-8,12,17,20,23-24H,2,9-11,13-14H2,1H3,(H2,22,25,26)/t17-,20?/m1/s1. The highest BCUT2D eigenvalue weighted by atomic mass is 32.2. The van der Waals surface area contributed by atoms with Crippen LogP contribution in [0.1, 0.15) is 36.1 Å². The quantitative estimate of drug-likeness (QED) is 0.378. The van der Waals surface area contributed by atoms with Crippen LogP contribution in [0.15, 0.2) is 47.4 Å². The second kappa shape index (κ2) is 9.69. The first kappa shape index (κ1) is 21.7. The molecular formula is C21H28N2O5S. The summed E-state index contributed by atoms with van der Waals surface area (Å²) in [6.45, 7) is 3.63. The van der Waals surface area contributed by atoms with E-state index < -0.39 is 10.0 Å². The average Bonchev–Trinajstić information content (AvgIpc) is 3.55. The topological polar surface area (TPSA) is 114 Å². The number of nitrogens with two attached hydrogens (primary N) is 1. The Morgan fingerprint density at radius 3 is 2.72 bits per heavy atom. The Morgan fingerprint density at radius 1 is 1.31 bits per heavy atom. The van der Waals surface area contributed by atoms with Gasteiger partial charge in [0, 0.05) is 18.2 Å². The van der Waals surface area contributed by atoms with Gasteiger partial charge in [-0.15, -0.1) is 0 Å². The highest BCUT2D eigenvalue weighted by molar-refractivity contribution is 7.89. The van der Waals surface area contributed by atoms with Gasteiger partial charge in [-0.2, -0.15) is 0 Å². The summed E-state index contributed by atoms with van der Waals surface area (Å²) in [5.41, 5.74) is 2.24. The first-order valence-electron chi connectivity index (χ1n) is 9.74. The lowest BCUT2D eigenvalue weighted by atomic mass is 10.0. The van der Waals surface area contributed by atoms with Gasteiger partial charge >= 0.3 is 0 Å². The number of epoxide rings is 1. The molecule has 3 rings (SSSR count). The fourth-order valence-corrected chi connectivity index (χ4v) is 4.11. The van der Waals surface area contributed by atoms with Crippen molar-refractivity contribution in [1.82, 2.24) is 5.32 Å². The fraction of sp³-hybridized carbons (Fsp3) is 0.429. The molecule has 7 nitrogen and oxygen atoms in total. The molecule has 2 aromatic carbocycles. The maximum absolute atomic E-state index is 11.8. The number of para-hydroxylation sites is 1. The lowest BCUT2D eigenvalue weighted by Gasteiger charge is -2.18. The van der Waals surface area contributed by atoms with Crippen molar-refractivity contribution in [3.8, 4) is 5.75 Å². The van der Waals surface area contributed by atoms with E-state index in [0.29, 0.717) is 25.1 Å². The van der Waals surface area contributed by atoms with Crippen LogP contribution in [0.3, 0.4) is 0 Å². The maximum Gasteiger partial charge on any atom is 0.238 e. The molecule has 2 atom stereocenters. The summed E-state index contributed by atoms with van der Waals surface area (Å²) in [6.07, 6.45) is 1.67. The van der Waals surface area contributed by atoms with Crippen LogP contribution in [0.25, 0.3) is 0 Å². The summed E-state index contributed by atoms with van der Waals surface area (Å²) < 4.78 is 34.8. The number of sulfonamides is 1. The summed E-state index contributed by atoms with van der Waals surface area (Å²) in [6, 6.07) is 13.0. The van der Waals surface area contributed by atoms with Crippen molar-refractivity contribution in [2.45, 2.75) is 43.4 Å². The number of ether oxygens (including phenoxy) is 2. The Hall–Kier alpha value is -1.97. The zero-order valence-corrected chi connectivity index (χ0v) is 17.3. The minimum atomic E-state index is -3.88. The van der Waals surface area contributed by atoms with Gasteiger partial charge in [-0.25, -0.2) is 13.6 Å². The molecule has 1 aliphatic heterocycles. The molecular weight excluding hydrogens is 392 g/mol. The molecule has 0 aliphatic carbocycles. The SMILES string of the molecule is CC[C@H](Cc1ccc(CO)c(S(N)(=O)=O)c1)NCCOc1ccccc1C1CO1. The number of benzene rings is 2. The average molecular weight is 421 g/mol. The molecule has 158 valence electrons. The van der Waals surface area contributed by atoms with Crippen LogP contribution in [0.4, 0.5) is 0 Å². The minimum absolute atomic E-state index is 0.0189. The number of hydrogen-bond acceptors (Lipinski definition) is 6.